The number of halogens is 1. The second kappa shape index (κ2) is 6.36. The van der Waals surface area contributed by atoms with Gasteiger partial charge in [-0.25, -0.2) is 4.39 Å². The molecule has 0 amide bonds. The van der Waals surface area contributed by atoms with Crippen molar-refractivity contribution < 1.29 is 4.39 Å². The van der Waals surface area contributed by atoms with Gasteiger partial charge < -0.3 is 0 Å². The molecule has 14 heavy (non-hydrogen) atoms. The average molecular weight is 192 g/mol. The first-order valence-corrected chi connectivity index (χ1v) is 5.22. The molecule has 0 unspecified atom stereocenters. The molecule has 0 aromatic heterocycles. The van der Waals surface area contributed by atoms with Crippen LogP contribution < -0.4 is 0 Å². The van der Waals surface area contributed by atoms with Crippen LogP contribution in [0.2, 0.25) is 0 Å². The third-order valence-corrected chi connectivity index (χ3v) is 2.13. The maximum Gasteiger partial charge on any atom is 0.123 e. The lowest BCUT2D eigenvalue weighted by molar-refractivity contribution is 0.627. The Kier molecular flexibility index (Phi) is 4.98. The van der Waals surface area contributed by atoms with Crippen LogP contribution in [-0.2, 0) is 6.42 Å². The van der Waals surface area contributed by atoms with Crippen molar-refractivity contribution in [2.75, 3.05) is 0 Å². The van der Waals surface area contributed by atoms with Gasteiger partial charge in [0.15, 0.2) is 0 Å². The van der Waals surface area contributed by atoms with Crippen molar-refractivity contribution in [1.29, 1.82) is 0 Å². The Morgan fingerprint density at radius 2 is 1.71 bits per heavy atom. The predicted octanol–water partition coefficient (Wildman–Crippen LogP) is 4.11. The second-order valence-electron chi connectivity index (χ2n) is 3.43. The van der Waals surface area contributed by atoms with Crippen LogP contribution in [0.1, 0.15) is 31.7 Å². The lowest BCUT2D eigenvalue weighted by Crippen LogP contribution is -1.83. The molecule has 0 nitrogen and oxygen atoms in total. The molecule has 0 bridgehead atoms. The molecule has 0 saturated carbocycles. The normalized spacial score (nSPS) is 11.0. The molecular weight excluding hydrogens is 175 g/mol. The van der Waals surface area contributed by atoms with E-state index >= 15 is 0 Å². The van der Waals surface area contributed by atoms with Crippen LogP contribution in [0.3, 0.4) is 0 Å². The highest BCUT2D eigenvalue weighted by molar-refractivity contribution is 5.16. The first kappa shape index (κ1) is 11.0. The molecule has 0 saturated heterocycles. The monoisotopic (exact) mass is 192 g/mol. The van der Waals surface area contributed by atoms with E-state index in [1.165, 1.54) is 24.1 Å². The van der Waals surface area contributed by atoms with Gasteiger partial charge in [0, 0.05) is 0 Å². The van der Waals surface area contributed by atoms with E-state index in [1.807, 2.05) is 12.1 Å². The summed E-state index contributed by atoms with van der Waals surface area (Å²) in [7, 11) is 0. The molecule has 1 rings (SSSR count). The molecule has 1 aromatic rings. The first-order valence-electron chi connectivity index (χ1n) is 5.22. The highest BCUT2D eigenvalue weighted by Crippen LogP contribution is 2.06. The summed E-state index contributed by atoms with van der Waals surface area (Å²) >= 11 is 0. The first-order chi connectivity index (χ1) is 6.83. The summed E-state index contributed by atoms with van der Waals surface area (Å²) in [5.41, 5.74) is 1.20. The third-order valence-electron chi connectivity index (χ3n) is 2.13. The van der Waals surface area contributed by atoms with Gasteiger partial charge in [0.2, 0.25) is 0 Å². The van der Waals surface area contributed by atoms with Gasteiger partial charge in [0.25, 0.3) is 0 Å². The fraction of sp³-hybridized carbons (Fsp3) is 0.385. The van der Waals surface area contributed by atoms with Crippen molar-refractivity contribution in [2.24, 2.45) is 0 Å². The Balaban J connectivity index is 2.28. The van der Waals surface area contributed by atoms with E-state index in [0.29, 0.717) is 0 Å². The average Bonchev–Trinajstić information content (AvgIpc) is 2.21. The molecule has 0 spiro atoms. The molecule has 0 atom stereocenters. The smallest absolute Gasteiger partial charge is 0.123 e. The van der Waals surface area contributed by atoms with E-state index in [9.17, 15) is 4.39 Å². The number of hydrogen-bond acceptors (Lipinski definition) is 0. The van der Waals surface area contributed by atoms with E-state index < -0.39 is 0 Å². The standard InChI is InChI=1S/C13H17F/c1-2-3-4-5-6-7-12-8-10-13(14)11-9-12/h4-5,8-11H,2-3,6-7H2,1H3/b5-4-. The van der Waals surface area contributed by atoms with Crippen molar-refractivity contribution in [3.63, 3.8) is 0 Å². The highest BCUT2D eigenvalue weighted by Gasteiger charge is 1.91. The maximum atomic E-state index is 12.6. The zero-order chi connectivity index (χ0) is 10.2. The van der Waals surface area contributed by atoms with E-state index in [1.54, 1.807) is 0 Å². The van der Waals surface area contributed by atoms with Gasteiger partial charge in [0.05, 0.1) is 0 Å². The third kappa shape index (κ3) is 4.22. The second-order valence-corrected chi connectivity index (χ2v) is 3.43. The molecule has 0 aliphatic rings. The molecule has 0 fully saturated rings. The SMILES string of the molecule is CCC/C=C\CCc1ccc(F)cc1. The highest BCUT2D eigenvalue weighted by atomic mass is 19.1. The van der Waals surface area contributed by atoms with Gasteiger partial charge >= 0.3 is 0 Å². The van der Waals surface area contributed by atoms with Crippen molar-refractivity contribution in [2.45, 2.75) is 32.6 Å². The fourth-order valence-electron chi connectivity index (χ4n) is 1.30. The van der Waals surface area contributed by atoms with E-state index in [4.69, 9.17) is 0 Å². The topological polar surface area (TPSA) is 0 Å². The Hall–Kier alpha value is -1.11. The van der Waals surface area contributed by atoms with Gasteiger partial charge in [-0.3, -0.25) is 0 Å². The summed E-state index contributed by atoms with van der Waals surface area (Å²) < 4.78 is 12.6. The molecule has 0 radical (unpaired) electrons. The summed E-state index contributed by atoms with van der Waals surface area (Å²) in [4.78, 5) is 0. The van der Waals surface area contributed by atoms with Crippen molar-refractivity contribution in [3.8, 4) is 0 Å². The zero-order valence-corrected chi connectivity index (χ0v) is 8.67. The van der Waals surface area contributed by atoms with Crippen LogP contribution in [-0.4, -0.2) is 0 Å². The van der Waals surface area contributed by atoms with Gasteiger partial charge in [-0.05, 0) is 37.0 Å². The lowest BCUT2D eigenvalue weighted by atomic mass is 10.1. The summed E-state index contributed by atoms with van der Waals surface area (Å²) in [5, 5.41) is 0. The van der Waals surface area contributed by atoms with Crippen LogP contribution >= 0.6 is 0 Å². The minimum Gasteiger partial charge on any atom is -0.207 e. The van der Waals surface area contributed by atoms with Crippen LogP contribution in [0.4, 0.5) is 4.39 Å². The molecule has 0 aliphatic heterocycles. The minimum atomic E-state index is -0.157. The van der Waals surface area contributed by atoms with E-state index in [-0.39, 0.29) is 5.82 Å². The maximum absolute atomic E-state index is 12.6. The van der Waals surface area contributed by atoms with Crippen molar-refractivity contribution in [3.05, 3.63) is 47.8 Å². The quantitative estimate of drug-likeness (QED) is 0.616. The number of aryl methyl sites for hydroxylation is 1. The molecule has 1 aromatic carbocycles. The molecule has 0 aliphatic carbocycles. The predicted molar refractivity (Wildman–Crippen MR) is 58.8 cm³/mol. The summed E-state index contributed by atoms with van der Waals surface area (Å²) in [6, 6.07) is 6.74. The zero-order valence-electron chi connectivity index (χ0n) is 8.67. The summed E-state index contributed by atoms with van der Waals surface area (Å²) in [5.74, 6) is -0.157. The van der Waals surface area contributed by atoms with Gasteiger partial charge in [0.1, 0.15) is 5.82 Å². The minimum absolute atomic E-state index is 0.157. The molecule has 1 heteroatoms. The lowest BCUT2D eigenvalue weighted by Gasteiger charge is -1.97. The Morgan fingerprint density at radius 1 is 1.07 bits per heavy atom. The Labute approximate surface area is 85.5 Å². The van der Waals surface area contributed by atoms with E-state index in [0.717, 1.165) is 19.3 Å². The van der Waals surface area contributed by atoms with Crippen molar-refractivity contribution >= 4 is 0 Å². The Bertz CT molecular complexity index is 272. The number of allylic oxidation sites excluding steroid dienone is 2. The Morgan fingerprint density at radius 3 is 2.36 bits per heavy atom. The fourth-order valence-corrected chi connectivity index (χ4v) is 1.30. The summed E-state index contributed by atoms with van der Waals surface area (Å²) in [6.45, 7) is 2.17. The van der Waals surface area contributed by atoms with Crippen LogP contribution in [0.25, 0.3) is 0 Å². The molecule has 0 heterocycles. The van der Waals surface area contributed by atoms with Gasteiger partial charge in [-0.1, -0.05) is 37.6 Å². The van der Waals surface area contributed by atoms with Crippen LogP contribution in [0.15, 0.2) is 36.4 Å². The van der Waals surface area contributed by atoms with Gasteiger partial charge in [-0.15, -0.1) is 0 Å². The van der Waals surface area contributed by atoms with Crippen LogP contribution in [0, 0.1) is 5.82 Å². The molecule has 76 valence electrons. The van der Waals surface area contributed by atoms with Crippen molar-refractivity contribution in [1.82, 2.24) is 0 Å². The number of hydrogen-bond donors (Lipinski definition) is 0. The van der Waals surface area contributed by atoms with E-state index in [2.05, 4.69) is 19.1 Å². The number of benzene rings is 1. The number of unbranched alkanes of at least 4 members (excludes halogenated alkanes) is 1. The van der Waals surface area contributed by atoms with Gasteiger partial charge in [-0.2, -0.15) is 0 Å². The largest absolute Gasteiger partial charge is 0.207 e. The summed E-state index contributed by atoms with van der Waals surface area (Å²) in [6.07, 6.45) is 8.82. The number of rotatable bonds is 5. The molecular formula is C13H17F. The molecule has 0 N–H and O–H groups in total. The van der Waals surface area contributed by atoms with Crippen LogP contribution in [0.5, 0.6) is 0 Å².